The lowest BCUT2D eigenvalue weighted by atomic mass is 9.90. The summed E-state index contributed by atoms with van der Waals surface area (Å²) >= 11 is 0. The molecule has 0 bridgehead atoms. The summed E-state index contributed by atoms with van der Waals surface area (Å²) in [6, 6.07) is 14.0. The van der Waals surface area contributed by atoms with Gasteiger partial charge in [0.25, 0.3) is 0 Å². The first-order valence-electron chi connectivity index (χ1n) is 22.6. The molecule has 0 unspecified atom stereocenters. The molecule has 4 aliphatic heterocycles. The number of aromatic nitrogens is 4. The van der Waals surface area contributed by atoms with Crippen LogP contribution in [-0.4, -0.2) is 99.3 Å². The summed E-state index contributed by atoms with van der Waals surface area (Å²) in [6.07, 6.45) is 8.57. The van der Waals surface area contributed by atoms with E-state index in [0.717, 1.165) is 119 Å². The van der Waals surface area contributed by atoms with E-state index in [4.69, 9.17) is 28.9 Å². The predicted octanol–water partition coefficient (Wildman–Crippen LogP) is 8.20. The van der Waals surface area contributed by atoms with E-state index >= 15 is 0 Å². The summed E-state index contributed by atoms with van der Waals surface area (Å²) in [6.45, 7) is 9.80. The summed E-state index contributed by atoms with van der Waals surface area (Å²) in [5.41, 5.74) is 6.86. The Hall–Kier alpha value is -5.47. The number of imidazole rings is 2. The number of H-pyrrole nitrogens is 2. The standard InChI is InChI=1S/C48H59N7O7/c1-5-6-28(2)54(43(56)21-30-13-17-60-18-14-30)26-42-50-38-11-9-32-23-37-35-10-8-33(22-34(35)27-62-41(37)24-36(32)45(38)52-42)39-25-49-46(51-39)40-12-7-29(3)55(40)47(57)44(53-48(58)59-4)31-15-19-61-20-16-31/h8-11,22-25,28-31,40,44H,5-7,12-21,26-27H2,1-4H3,(H,49,51)(H,50,52)(H,53,58)/t28-,29-,40-,44-/m0/s1. The normalized spacial score (nSPS) is 20.4. The van der Waals surface area contributed by atoms with Crippen molar-refractivity contribution in [3.05, 3.63) is 65.9 Å². The Morgan fingerprint density at radius 1 is 0.968 bits per heavy atom. The molecule has 2 aromatic heterocycles. The molecule has 3 amide bonds. The second-order valence-corrected chi connectivity index (χ2v) is 17.7. The van der Waals surface area contributed by atoms with E-state index in [-0.39, 0.29) is 35.9 Å². The maximum Gasteiger partial charge on any atom is 0.407 e. The molecule has 14 nitrogen and oxygen atoms in total. The van der Waals surface area contributed by atoms with Gasteiger partial charge in [-0.25, -0.2) is 14.8 Å². The van der Waals surface area contributed by atoms with Crippen LogP contribution in [0.1, 0.15) is 102 Å². The van der Waals surface area contributed by atoms with Gasteiger partial charge in [-0.15, -0.1) is 0 Å². The van der Waals surface area contributed by atoms with Gasteiger partial charge in [0, 0.05) is 55.9 Å². The summed E-state index contributed by atoms with van der Waals surface area (Å²) in [5.74, 6) is 2.73. The number of amides is 3. The Morgan fingerprint density at radius 2 is 1.76 bits per heavy atom. The Labute approximate surface area is 362 Å². The molecule has 0 radical (unpaired) electrons. The highest BCUT2D eigenvalue weighted by Gasteiger charge is 2.43. The molecule has 4 aliphatic rings. The number of methoxy groups -OCH3 is 1. The Balaban J connectivity index is 0.940. The van der Waals surface area contributed by atoms with Crippen molar-refractivity contribution in [3.8, 4) is 28.1 Å². The second kappa shape index (κ2) is 18.1. The number of ether oxygens (including phenoxy) is 4. The van der Waals surface area contributed by atoms with Gasteiger partial charge >= 0.3 is 6.09 Å². The van der Waals surface area contributed by atoms with Crippen LogP contribution in [-0.2, 0) is 37.0 Å². The van der Waals surface area contributed by atoms with Crippen LogP contribution < -0.4 is 10.1 Å². The number of nitrogens with zero attached hydrogens (tertiary/aromatic N) is 4. The number of alkyl carbamates (subject to hydrolysis) is 1. The molecule has 3 aromatic carbocycles. The summed E-state index contributed by atoms with van der Waals surface area (Å²) in [7, 11) is 1.32. The molecule has 6 heterocycles. The topological polar surface area (TPSA) is 164 Å². The molecule has 14 heteroatoms. The maximum absolute atomic E-state index is 14.3. The third kappa shape index (κ3) is 8.38. The Kier molecular flexibility index (Phi) is 12.2. The monoisotopic (exact) mass is 845 g/mol. The van der Waals surface area contributed by atoms with Gasteiger partial charge in [-0.1, -0.05) is 31.5 Å². The minimum Gasteiger partial charge on any atom is -0.488 e. The first-order valence-corrected chi connectivity index (χ1v) is 22.6. The summed E-state index contributed by atoms with van der Waals surface area (Å²) < 4.78 is 22.5. The van der Waals surface area contributed by atoms with Gasteiger partial charge < -0.3 is 44.0 Å². The molecule has 3 fully saturated rings. The van der Waals surface area contributed by atoms with Gasteiger partial charge in [0.2, 0.25) is 11.8 Å². The fourth-order valence-electron chi connectivity index (χ4n) is 10.2. The molecule has 0 saturated carbocycles. The van der Waals surface area contributed by atoms with Crippen molar-refractivity contribution in [3.63, 3.8) is 0 Å². The lowest BCUT2D eigenvalue weighted by molar-refractivity contribution is -0.139. The number of benzene rings is 3. The average Bonchev–Trinajstić information content (AvgIpc) is 4.05. The third-order valence-electron chi connectivity index (χ3n) is 13.7. The SMILES string of the molecule is CCC[C@H](C)N(Cc1nc2ccc3cc4c(cc3c2[nH]1)OCc1cc(-c2cnc([C@@H]3CC[C@H](C)N3C(=O)[C@@H](NC(=O)OC)C3CCOCC3)[nH]2)ccc1-4)C(=O)CC1CCOCC1. The molecule has 328 valence electrons. The van der Waals surface area contributed by atoms with E-state index in [2.05, 4.69) is 78.5 Å². The van der Waals surface area contributed by atoms with Crippen molar-refractivity contribution in [1.29, 1.82) is 0 Å². The fraction of sp³-hybridized carbons (Fsp3) is 0.521. The van der Waals surface area contributed by atoms with Crippen LogP contribution in [0.5, 0.6) is 5.75 Å². The average molecular weight is 846 g/mol. The number of hydrogen-bond donors (Lipinski definition) is 3. The fourth-order valence-corrected chi connectivity index (χ4v) is 10.2. The van der Waals surface area contributed by atoms with Crippen molar-refractivity contribution in [2.24, 2.45) is 11.8 Å². The van der Waals surface area contributed by atoms with E-state index < -0.39 is 12.1 Å². The second-order valence-electron chi connectivity index (χ2n) is 17.7. The number of hydrogen-bond acceptors (Lipinski definition) is 9. The van der Waals surface area contributed by atoms with E-state index in [1.165, 1.54) is 7.11 Å². The van der Waals surface area contributed by atoms with Gasteiger partial charge in [0.05, 0.1) is 42.6 Å². The molecular formula is C48H59N7O7. The zero-order chi connectivity index (χ0) is 42.9. The number of likely N-dealkylation sites (tertiary alicyclic amines) is 1. The minimum atomic E-state index is -0.702. The molecule has 5 aromatic rings. The Morgan fingerprint density at radius 3 is 2.53 bits per heavy atom. The van der Waals surface area contributed by atoms with E-state index in [9.17, 15) is 14.4 Å². The molecular weight excluding hydrogens is 787 g/mol. The molecule has 0 spiro atoms. The minimum absolute atomic E-state index is 0.0149. The van der Waals surface area contributed by atoms with Gasteiger partial charge in [-0.3, -0.25) is 9.59 Å². The van der Waals surface area contributed by atoms with E-state index in [1.807, 2.05) is 16.0 Å². The highest BCUT2D eigenvalue weighted by atomic mass is 16.5. The molecule has 4 atom stereocenters. The zero-order valence-electron chi connectivity index (χ0n) is 36.3. The van der Waals surface area contributed by atoms with Crippen LogP contribution in [0.3, 0.4) is 0 Å². The number of fused-ring (bicyclic) bond motifs is 6. The predicted molar refractivity (Wildman–Crippen MR) is 235 cm³/mol. The van der Waals surface area contributed by atoms with Crippen LogP contribution in [0.2, 0.25) is 0 Å². The van der Waals surface area contributed by atoms with Crippen molar-refractivity contribution < 1.29 is 33.3 Å². The quantitative estimate of drug-likeness (QED) is 0.112. The van der Waals surface area contributed by atoms with E-state index in [0.29, 0.717) is 51.5 Å². The largest absolute Gasteiger partial charge is 0.488 e. The van der Waals surface area contributed by atoms with Gasteiger partial charge in [-0.05, 0) is 117 Å². The van der Waals surface area contributed by atoms with E-state index in [1.54, 1.807) is 0 Å². The number of carbonyl (C=O) groups excluding carboxylic acids is 3. The molecule has 62 heavy (non-hydrogen) atoms. The van der Waals surface area contributed by atoms with Gasteiger partial charge in [-0.2, -0.15) is 0 Å². The van der Waals surface area contributed by atoms with Gasteiger partial charge in [0.1, 0.15) is 30.0 Å². The first kappa shape index (κ1) is 41.9. The lowest BCUT2D eigenvalue weighted by Gasteiger charge is -2.36. The molecule has 9 rings (SSSR count). The van der Waals surface area contributed by atoms with Crippen molar-refractivity contribution in [1.82, 2.24) is 35.1 Å². The lowest BCUT2D eigenvalue weighted by Crippen LogP contribution is -2.54. The number of carbonyl (C=O) groups is 3. The smallest absolute Gasteiger partial charge is 0.407 e. The maximum atomic E-state index is 14.3. The number of aromatic amines is 2. The highest BCUT2D eigenvalue weighted by molar-refractivity contribution is 6.07. The molecule has 3 saturated heterocycles. The van der Waals surface area contributed by atoms with Crippen LogP contribution in [0.15, 0.2) is 48.7 Å². The van der Waals surface area contributed by atoms with Gasteiger partial charge in [0.15, 0.2) is 0 Å². The van der Waals surface area contributed by atoms with Crippen LogP contribution in [0.4, 0.5) is 4.79 Å². The van der Waals surface area contributed by atoms with Crippen LogP contribution in [0, 0.1) is 11.8 Å². The Bertz CT molecular complexity index is 2430. The summed E-state index contributed by atoms with van der Waals surface area (Å²) in [4.78, 5) is 61.3. The third-order valence-corrected chi connectivity index (χ3v) is 13.7. The van der Waals surface area contributed by atoms with Crippen LogP contribution >= 0.6 is 0 Å². The van der Waals surface area contributed by atoms with Crippen molar-refractivity contribution >= 4 is 39.7 Å². The highest BCUT2D eigenvalue weighted by Crippen LogP contribution is 2.43. The zero-order valence-corrected chi connectivity index (χ0v) is 36.3. The molecule has 3 N–H and O–H groups in total. The summed E-state index contributed by atoms with van der Waals surface area (Å²) in [5, 5.41) is 4.95. The van der Waals surface area contributed by atoms with Crippen molar-refractivity contribution in [2.75, 3.05) is 33.5 Å². The number of rotatable bonds is 12. The molecule has 0 aliphatic carbocycles. The van der Waals surface area contributed by atoms with Crippen LogP contribution in [0.25, 0.3) is 44.2 Å². The van der Waals surface area contributed by atoms with Crippen molar-refractivity contribution in [2.45, 2.75) is 116 Å². The first-order chi connectivity index (χ1) is 30.2. The number of nitrogens with one attached hydrogen (secondary N) is 3.